The van der Waals surface area contributed by atoms with Gasteiger partial charge in [0.15, 0.2) is 0 Å². The lowest BCUT2D eigenvalue weighted by atomic mass is 10.1. The van der Waals surface area contributed by atoms with E-state index in [9.17, 15) is 0 Å². The van der Waals surface area contributed by atoms with Gasteiger partial charge in [-0.3, -0.25) is 0 Å². The number of rotatable bonds is 4. The van der Waals surface area contributed by atoms with Crippen molar-refractivity contribution in [1.29, 1.82) is 0 Å². The maximum absolute atomic E-state index is 5.60. The second kappa shape index (κ2) is 5.12. The van der Waals surface area contributed by atoms with Gasteiger partial charge in [-0.05, 0) is 36.6 Å². The molecule has 0 saturated carbocycles. The van der Waals surface area contributed by atoms with Crippen LogP contribution >= 0.6 is 12.2 Å². The number of benzene rings is 1. The standard InChI is InChI=1S/C12H17NOS/c1-8(2)7-14-10-4-5-11(12(13)15)9(3)6-10/h4-6,8H,7H2,1-3H3,(H2,13,15). The topological polar surface area (TPSA) is 35.2 Å². The quantitative estimate of drug-likeness (QED) is 0.797. The molecular formula is C12H17NOS. The van der Waals surface area contributed by atoms with Gasteiger partial charge in [0.25, 0.3) is 0 Å². The molecule has 0 radical (unpaired) electrons. The Morgan fingerprint density at radius 2 is 2.13 bits per heavy atom. The summed E-state index contributed by atoms with van der Waals surface area (Å²) in [5.41, 5.74) is 7.55. The Labute approximate surface area is 96.4 Å². The SMILES string of the molecule is Cc1cc(OCC(C)C)ccc1C(N)=S. The van der Waals surface area contributed by atoms with Crippen LogP contribution in [0.3, 0.4) is 0 Å². The minimum absolute atomic E-state index is 0.433. The molecule has 0 aromatic heterocycles. The molecule has 3 heteroatoms. The molecule has 82 valence electrons. The maximum Gasteiger partial charge on any atom is 0.119 e. The molecular weight excluding hydrogens is 206 g/mol. The Bertz CT molecular complexity index is 361. The zero-order valence-electron chi connectivity index (χ0n) is 9.41. The van der Waals surface area contributed by atoms with Crippen molar-refractivity contribution in [3.8, 4) is 5.75 Å². The van der Waals surface area contributed by atoms with E-state index in [0.29, 0.717) is 10.9 Å². The van der Waals surface area contributed by atoms with E-state index in [1.807, 2.05) is 25.1 Å². The first-order valence-corrected chi connectivity index (χ1v) is 5.44. The molecule has 1 aromatic carbocycles. The second-order valence-corrected chi connectivity index (χ2v) is 4.49. The van der Waals surface area contributed by atoms with Gasteiger partial charge in [0.2, 0.25) is 0 Å². The lowest BCUT2D eigenvalue weighted by Gasteiger charge is -2.10. The Kier molecular flexibility index (Phi) is 4.09. The third kappa shape index (κ3) is 3.51. The number of nitrogens with two attached hydrogens (primary N) is 1. The predicted molar refractivity (Wildman–Crippen MR) is 67.4 cm³/mol. The van der Waals surface area contributed by atoms with Crippen LogP contribution in [0.15, 0.2) is 18.2 Å². The minimum Gasteiger partial charge on any atom is -0.493 e. The van der Waals surface area contributed by atoms with Gasteiger partial charge in [-0.1, -0.05) is 26.1 Å². The summed E-state index contributed by atoms with van der Waals surface area (Å²) in [5.74, 6) is 1.40. The van der Waals surface area contributed by atoms with Crippen molar-refractivity contribution in [3.63, 3.8) is 0 Å². The van der Waals surface area contributed by atoms with Crippen molar-refractivity contribution in [3.05, 3.63) is 29.3 Å². The summed E-state index contributed by atoms with van der Waals surface area (Å²) in [6, 6.07) is 5.79. The molecule has 0 spiro atoms. The van der Waals surface area contributed by atoms with Crippen LogP contribution in [0.5, 0.6) is 5.75 Å². The highest BCUT2D eigenvalue weighted by Gasteiger charge is 2.03. The van der Waals surface area contributed by atoms with Gasteiger partial charge in [-0.2, -0.15) is 0 Å². The highest BCUT2D eigenvalue weighted by Crippen LogP contribution is 2.17. The fraction of sp³-hybridized carbons (Fsp3) is 0.417. The lowest BCUT2D eigenvalue weighted by Crippen LogP contribution is -2.11. The minimum atomic E-state index is 0.433. The van der Waals surface area contributed by atoms with Crippen LogP contribution in [-0.4, -0.2) is 11.6 Å². The van der Waals surface area contributed by atoms with Crippen molar-refractivity contribution in [2.45, 2.75) is 20.8 Å². The van der Waals surface area contributed by atoms with Gasteiger partial charge >= 0.3 is 0 Å². The largest absolute Gasteiger partial charge is 0.493 e. The van der Waals surface area contributed by atoms with Crippen LogP contribution < -0.4 is 10.5 Å². The zero-order valence-corrected chi connectivity index (χ0v) is 10.2. The highest BCUT2D eigenvalue weighted by molar-refractivity contribution is 7.80. The van der Waals surface area contributed by atoms with Gasteiger partial charge in [0, 0.05) is 5.56 Å². The number of ether oxygens (including phenoxy) is 1. The Morgan fingerprint density at radius 1 is 1.47 bits per heavy atom. The van der Waals surface area contributed by atoms with Crippen LogP contribution in [-0.2, 0) is 0 Å². The van der Waals surface area contributed by atoms with E-state index in [2.05, 4.69) is 13.8 Å². The molecule has 1 aromatic rings. The van der Waals surface area contributed by atoms with Gasteiger partial charge in [-0.25, -0.2) is 0 Å². The average Bonchev–Trinajstić information content (AvgIpc) is 2.14. The second-order valence-electron chi connectivity index (χ2n) is 4.05. The smallest absolute Gasteiger partial charge is 0.119 e. The van der Waals surface area contributed by atoms with Crippen molar-refractivity contribution in [2.75, 3.05) is 6.61 Å². The number of hydrogen-bond acceptors (Lipinski definition) is 2. The fourth-order valence-electron chi connectivity index (χ4n) is 1.27. The first-order valence-electron chi connectivity index (χ1n) is 5.04. The molecule has 0 bridgehead atoms. The van der Waals surface area contributed by atoms with E-state index in [1.165, 1.54) is 0 Å². The molecule has 1 rings (SSSR count). The molecule has 2 nitrogen and oxygen atoms in total. The summed E-state index contributed by atoms with van der Waals surface area (Å²) in [6.07, 6.45) is 0. The molecule has 0 fully saturated rings. The summed E-state index contributed by atoms with van der Waals surface area (Å²) < 4.78 is 5.60. The number of aryl methyl sites for hydroxylation is 1. The summed E-state index contributed by atoms with van der Waals surface area (Å²) in [7, 11) is 0. The zero-order chi connectivity index (χ0) is 11.4. The van der Waals surface area contributed by atoms with Crippen molar-refractivity contribution in [1.82, 2.24) is 0 Å². The highest BCUT2D eigenvalue weighted by atomic mass is 32.1. The van der Waals surface area contributed by atoms with Gasteiger partial charge < -0.3 is 10.5 Å². The van der Waals surface area contributed by atoms with E-state index in [0.717, 1.165) is 23.5 Å². The summed E-state index contributed by atoms with van der Waals surface area (Å²) >= 11 is 4.94. The molecule has 0 unspecified atom stereocenters. The normalized spacial score (nSPS) is 10.4. The van der Waals surface area contributed by atoms with Crippen molar-refractivity contribution < 1.29 is 4.74 Å². The predicted octanol–water partition coefficient (Wildman–Crippen LogP) is 2.66. The number of hydrogen-bond donors (Lipinski definition) is 1. The van der Waals surface area contributed by atoms with Gasteiger partial charge in [-0.15, -0.1) is 0 Å². The first-order chi connectivity index (χ1) is 7.00. The molecule has 2 N–H and O–H groups in total. The monoisotopic (exact) mass is 223 g/mol. The molecule has 0 aliphatic carbocycles. The molecule has 15 heavy (non-hydrogen) atoms. The lowest BCUT2D eigenvalue weighted by molar-refractivity contribution is 0.271. The molecule has 0 amide bonds. The Morgan fingerprint density at radius 3 is 2.60 bits per heavy atom. The molecule has 0 saturated heterocycles. The third-order valence-corrected chi connectivity index (χ3v) is 2.27. The Hall–Kier alpha value is -1.09. The van der Waals surface area contributed by atoms with E-state index < -0.39 is 0 Å². The van der Waals surface area contributed by atoms with Gasteiger partial charge in [0.05, 0.1) is 6.61 Å². The third-order valence-electron chi connectivity index (χ3n) is 2.05. The van der Waals surface area contributed by atoms with Crippen LogP contribution in [0.4, 0.5) is 0 Å². The molecule has 0 heterocycles. The van der Waals surface area contributed by atoms with E-state index in [4.69, 9.17) is 22.7 Å². The summed E-state index contributed by atoms with van der Waals surface area (Å²) in [6.45, 7) is 6.95. The van der Waals surface area contributed by atoms with Crippen LogP contribution in [0.2, 0.25) is 0 Å². The molecule has 0 atom stereocenters. The van der Waals surface area contributed by atoms with Crippen molar-refractivity contribution in [2.24, 2.45) is 11.7 Å². The number of thiocarbonyl (C=S) groups is 1. The molecule has 0 aliphatic rings. The Balaban J connectivity index is 2.78. The van der Waals surface area contributed by atoms with E-state index in [-0.39, 0.29) is 0 Å². The van der Waals surface area contributed by atoms with Crippen molar-refractivity contribution >= 4 is 17.2 Å². The van der Waals surface area contributed by atoms with Crippen LogP contribution in [0.25, 0.3) is 0 Å². The van der Waals surface area contributed by atoms with Crippen LogP contribution in [0, 0.1) is 12.8 Å². The van der Waals surface area contributed by atoms with Gasteiger partial charge in [0.1, 0.15) is 10.7 Å². The summed E-state index contributed by atoms with van der Waals surface area (Å²) in [4.78, 5) is 0.433. The summed E-state index contributed by atoms with van der Waals surface area (Å²) in [5, 5.41) is 0. The molecule has 0 aliphatic heterocycles. The first kappa shape index (κ1) is 12.0. The maximum atomic E-state index is 5.60. The van der Waals surface area contributed by atoms with Crippen LogP contribution in [0.1, 0.15) is 25.0 Å². The fourth-order valence-corrected chi connectivity index (χ4v) is 1.49. The van der Waals surface area contributed by atoms with E-state index >= 15 is 0 Å². The van der Waals surface area contributed by atoms with E-state index in [1.54, 1.807) is 0 Å². The average molecular weight is 223 g/mol.